The smallest absolute Gasteiger partial charge is 0.104 e. The normalized spacial score (nSPS) is 27.8. The van der Waals surface area contributed by atoms with Crippen LogP contribution in [-0.2, 0) is 4.74 Å². The molecule has 0 heterocycles. The Morgan fingerprint density at radius 1 is 1.38 bits per heavy atom. The average molecular weight is 294 g/mol. The number of ether oxygens (including phenoxy) is 1. The molecule has 1 aliphatic carbocycles. The largest absolute Gasteiger partial charge is 0.378 e. The van der Waals surface area contributed by atoms with E-state index in [0.29, 0.717) is 11.5 Å². The van der Waals surface area contributed by atoms with Crippen LogP contribution in [0, 0.1) is 22.7 Å². The van der Waals surface area contributed by atoms with Crippen molar-refractivity contribution in [1.82, 2.24) is 5.32 Å². The first-order valence-electron chi connectivity index (χ1n) is 8.58. The van der Waals surface area contributed by atoms with Crippen LogP contribution < -0.4 is 5.32 Å². The maximum atomic E-state index is 9.31. The summed E-state index contributed by atoms with van der Waals surface area (Å²) in [7, 11) is 0. The SMILES string of the molecule is CCCNC(C)(C#N)CCCOC1CC(C)CC(C)(C)C1. The van der Waals surface area contributed by atoms with Crippen molar-refractivity contribution in [2.45, 2.75) is 84.8 Å². The lowest BCUT2D eigenvalue weighted by Gasteiger charge is -2.38. The van der Waals surface area contributed by atoms with E-state index in [-0.39, 0.29) is 0 Å². The zero-order chi connectivity index (χ0) is 15.9. The summed E-state index contributed by atoms with van der Waals surface area (Å²) in [4.78, 5) is 0. The Bertz CT molecular complexity index is 348. The first kappa shape index (κ1) is 18.5. The second-order valence-electron chi connectivity index (χ2n) is 7.88. The first-order valence-corrected chi connectivity index (χ1v) is 8.58. The fraction of sp³-hybridized carbons (Fsp3) is 0.944. The van der Waals surface area contributed by atoms with Gasteiger partial charge in [0.1, 0.15) is 5.54 Å². The van der Waals surface area contributed by atoms with Crippen molar-refractivity contribution in [1.29, 1.82) is 5.26 Å². The van der Waals surface area contributed by atoms with E-state index >= 15 is 0 Å². The van der Waals surface area contributed by atoms with Gasteiger partial charge >= 0.3 is 0 Å². The summed E-state index contributed by atoms with van der Waals surface area (Å²) in [6.45, 7) is 12.8. The predicted molar refractivity (Wildman–Crippen MR) is 88.1 cm³/mol. The fourth-order valence-corrected chi connectivity index (χ4v) is 3.65. The Hall–Kier alpha value is -0.590. The fourth-order valence-electron chi connectivity index (χ4n) is 3.65. The van der Waals surface area contributed by atoms with Gasteiger partial charge in [-0.3, -0.25) is 5.32 Å². The summed E-state index contributed by atoms with van der Waals surface area (Å²) < 4.78 is 6.10. The number of hydrogen-bond acceptors (Lipinski definition) is 3. The molecule has 0 aromatic carbocycles. The molecular formula is C18H34N2O. The lowest BCUT2D eigenvalue weighted by atomic mass is 9.71. The predicted octanol–water partition coefficient (Wildman–Crippen LogP) is 4.28. The molecule has 0 bridgehead atoms. The highest BCUT2D eigenvalue weighted by molar-refractivity contribution is 5.03. The third kappa shape index (κ3) is 6.80. The van der Waals surface area contributed by atoms with E-state index in [0.717, 1.165) is 38.3 Å². The van der Waals surface area contributed by atoms with Crippen molar-refractivity contribution in [2.75, 3.05) is 13.2 Å². The maximum absolute atomic E-state index is 9.31. The van der Waals surface area contributed by atoms with Crippen LogP contribution in [0.3, 0.4) is 0 Å². The van der Waals surface area contributed by atoms with Crippen molar-refractivity contribution in [2.24, 2.45) is 11.3 Å². The second kappa shape index (κ2) is 8.15. The van der Waals surface area contributed by atoms with Gasteiger partial charge in [-0.25, -0.2) is 0 Å². The third-order valence-electron chi connectivity index (χ3n) is 4.53. The molecule has 0 amide bonds. The van der Waals surface area contributed by atoms with Crippen molar-refractivity contribution >= 4 is 0 Å². The standard InChI is InChI=1S/C18H34N2O/c1-6-9-20-18(5,14-19)8-7-10-21-16-11-15(2)12-17(3,4)13-16/h15-16,20H,6-13H2,1-5H3. The number of nitrogens with one attached hydrogen (secondary N) is 1. The van der Waals surface area contributed by atoms with Crippen LogP contribution in [0.15, 0.2) is 0 Å². The summed E-state index contributed by atoms with van der Waals surface area (Å²) >= 11 is 0. The average Bonchev–Trinajstić information content (AvgIpc) is 2.39. The van der Waals surface area contributed by atoms with Gasteiger partial charge in [0.25, 0.3) is 0 Å². The van der Waals surface area contributed by atoms with Gasteiger partial charge in [0, 0.05) is 6.61 Å². The molecule has 0 aromatic rings. The van der Waals surface area contributed by atoms with Crippen LogP contribution in [0.4, 0.5) is 0 Å². The topological polar surface area (TPSA) is 45.0 Å². The molecule has 1 saturated carbocycles. The molecule has 122 valence electrons. The molecule has 0 aliphatic heterocycles. The lowest BCUT2D eigenvalue weighted by molar-refractivity contribution is -0.0248. The monoisotopic (exact) mass is 294 g/mol. The van der Waals surface area contributed by atoms with E-state index in [9.17, 15) is 5.26 Å². The third-order valence-corrected chi connectivity index (χ3v) is 4.53. The van der Waals surface area contributed by atoms with Crippen molar-refractivity contribution in [3.05, 3.63) is 0 Å². The summed E-state index contributed by atoms with van der Waals surface area (Å²) in [6.07, 6.45) is 6.93. The van der Waals surface area contributed by atoms with Crippen LogP contribution in [0.2, 0.25) is 0 Å². The summed E-state index contributed by atoms with van der Waals surface area (Å²) in [6, 6.07) is 2.41. The van der Waals surface area contributed by atoms with Gasteiger partial charge in [-0.05, 0) is 63.3 Å². The van der Waals surface area contributed by atoms with Crippen LogP contribution in [0.5, 0.6) is 0 Å². The number of nitrogens with zero attached hydrogens (tertiary/aromatic N) is 1. The molecule has 0 aromatic heterocycles. The molecule has 1 aliphatic rings. The summed E-state index contributed by atoms with van der Waals surface area (Å²) in [5.41, 5.74) is 0.00464. The van der Waals surface area contributed by atoms with Crippen molar-refractivity contribution in [3.63, 3.8) is 0 Å². The van der Waals surface area contributed by atoms with E-state index in [2.05, 4.69) is 39.1 Å². The lowest BCUT2D eigenvalue weighted by Crippen LogP contribution is -2.41. The van der Waals surface area contributed by atoms with Gasteiger partial charge in [0.2, 0.25) is 0 Å². The number of hydrogen-bond donors (Lipinski definition) is 1. The molecule has 0 spiro atoms. The minimum atomic E-state index is -0.404. The quantitative estimate of drug-likeness (QED) is 0.680. The zero-order valence-electron chi connectivity index (χ0n) is 14.7. The van der Waals surface area contributed by atoms with Gasteiger partial charge in [-0.1, -0.05) is 27.7 Å². The van der Waals surface area contributed by atoms with Crippen LogP contribution >= 0.6 is 0 Å². The molecule has 1 fully saturated rings. The van der Waals surface area contributed by atoms with Gasteiger partial charge in [0.15, 0.2) is 0 Å². The van der Waals surface area contributed by atoms with Gasteiger partial charge in [0.05, 0.1) is 12.2 Å². The highest BCUT2D eigenvalue weighted by atomic mass is 16.5. The maximum Gasteiger partial charge on any atom is 0.104 e. The van der Waals surface area contributed by atoms with Crippen LogP contribution in [0.25, 0.3) is 0 Å². The number of nitriles is 1. The number of rotatable bonds is 8. The Balaban J connectivity index is 2.28. The Morgan fingerprint density at radius 3 is 2.67 bits per heavy atom. The van der Waals surface area contributed by atoms with Gasteiger partial charge < -0.3 is 4.74 Å². The first-order chi connectivity index (χ1) is 9.80. The molecule has 3 atom stereocenters. The molecule has 3 unspecified atom stereocenters. The molecule has 3 nitrogen and oxygen atoms in total. The van der Waals surface area contributed by atoms with E-state index in [1.54, 1.807) is 0 Å². The molecule has 1 rings (SSSR count). The summed E-state index contributed by atoms with van der Waals surface area (Å²) in [5, 5.41) is 12.6. The van der Waals surface area contributed by atoms with Crippen LogP contribution in [-0.4, -0.2) is 24.8 Å². The molecule has 0 saturated heterocycles. The molecule has 21 heavy (non-hydrogen) atoms. The molecule has 3 heteroatoms. The van der Waals surface area contributed by atoms with E-state index in [4.69, 9.17) is 4.74 Å². The second-order valence-corrected chi connectivity index (χ2v) is 7.88. The van der Waals surface area contributed by atoms with Crippen molar-refractivity contribution in [3.8, 4) is 6.07 Å². The minimum absolute atomic E-state index is 0.403. The molecular weight excluding hydrogens is 260 g/mol. The highest BCUT2D eigenvalue weighted by Gasteiger charge is 2.32. The van der Waals surface area contributed by atoms with Crippen LogP contribution in [0.1, 0.15) is 73.1 Å². The summed E-state index contributed by atoms with van der Waals surface area (Å²) in [5.74, 6) is 0.759. The van der Waals surface area contributed by atoms with Gasteiger partial charge in [-0.2, -0.15) is 5.26 Å². The Kier molecular flexibility index (Phi) is 7.16. The Morgan fingerprint density at radius 2 is 2.10 bits per heavy atom. The van der Waals surface area contributed by atoms with E-state index in [1.807, 2.05) is 6.92 Å². The zero-order valence-corrected chi connectivity index (χ0v) is 14.7. The highest BCUT2D eigenvalue weighted by Crippen LogP contribution is 2.39. The van der Waals surface area contributed by atoms with Crippen molar-refractivity contribution < 1.29 is 4.74 Å². The van der Waals surface area contributed by atoms with E-state index in [1.165, 1.54) is 19.3 Å². The van der Waals surface area contributed by atoms with E-state index < -0.39 is 5.54 Å². The molecule has 0 radical (unpaired) electrons. The molecule has 1 N–H and O–H groups in total. The Labute approximate surface area is 131 Å². The minimum Gasteiger partial charge on any atom is -0.378 e. The van der Waals surface area contributed by atoms with Gasteiger partial charge in [-0.15, -0.1) is 0 Å².